The van der Waals surface area contributed by atoms with E-state index >= 15 is 0 Å². The fourth-order valence-electron chi connectivity index (χ4n) is 0.325. The molecule has 0 aromatic rings. The molecule has 0 heterocycles. The topological polar surface area (TPSA) is 106 Å². The first kappa shape index (κ1) is 15.9. The van der Waals surface area contributed by atoms with Crippen LogP contribution in [0, 0.1) is 0 Å². The molecule has 0 unspecified atom stereocenters. The number of nitrogens with two attached hydrogens (primary N) is 2. The summed E-state index contributed by atoms with van der Waals surface area (Å²) in [5.74, 6) is 8.00. The van der Waals surface area contributed by atoms with Gasteiger partial charge in [0.15, 0.2) is 0 Å². The molecule has 0 aliphatic heterocycles. The van der Waals surface area contributed by atoms with E-state index in [1.165, 1.54) is 0 Å². The van der Waals surface area contributed by atoms with Crippen molar-refractivity contribution in [1.82, 2.24) is 0 Å². The average molecular weight is 246 g/mol. The Labute approximate surface area is 75.6 Å². The summed E-state index contributed by atoms with van der Waals surface area (Å²) in [6.45, 7) is 0. The minimum Gasteiger partial charge on any atom is -0.281 e. The molecule has 88 valence electrons. The predicted molar refractivity (Wildman–Crippen MR) is 35.5 cm³/mol. The normalized spacial score (nSPS) is 13.1. The zero-order valence-electron chi connectivity index (χ0n) is 6.42. The number of halogens is 5. The first-order valence-corrected chi connectivity index (χ1v) is 4.15. The highest BCUT2D eigenvalue weighted by atomic mass is 32.2. The van der Waals surface area contributed by atoms with Gasteiger partial charge in [-0.15, -0.1) is 0 Å². The third-order valence-corrected chi connectivity index (χ3v) is 1.68. The Hall–Kier alpha value is -0.520. The molecular weight excluding hydrogens is 239 g/mol. The zero-order chi connectivity index (χ0) is 12.2. The molecule has 0 fully saturated rings. The molecule has 0 aromatic heterocycles. The maximum atomic E-state index is 11.9. The minimum absolute atomic E-state index is 2.89. The van der Waals surface area contributed by atoms with Crippen LogP contribution in [-0.2, 0) is 10.1 Å². The van der Waals surface area contributed by atoms with Gasteiger partial charge >= 0.3 is 21.5 Å². The van der Waals surface area contributed by atoms with E-state index in [1.807, 2.05) is 0 Å². The number of rotatable bonds is 2. The van der Waals surface area contributed by atoms with E-state index in [0.29, 0.717) is 0 Å². The van der Waals surface area contributed by atoms with E-state index in [9.17, 15) is 30.4 Å². The summed E-state index contributed by atoms with van der Waals surface area (Å²) >= 11 is 0. The van der Waals surface area contributed by atoms with E-state index in [-0.39, 0.29) is 0 Å². The number of alkyl halides is 5. The van der Waals surface area contributed by atoms with Crippen LogP contribution in [-0.4, -0.2) is 24.4 Å². The van der Waals surface area contributed by atoms with Gasteiger partial charge in [-0.1, -0.05) is 0 Å². The van der Waals surface area contributed by atoms with Gasteiger partial charge in [0.05, 0.1) is 0 Å². The van der Waals surface area contributed by atoms with E-state index in [2.05, 4.69) is 11.7 Å². The Morgan fingerprint density at radius 2 is 1.36 bits per heavy atom. The van der Waals surface area contributed by atoms with Gasteiger partial charge in [-0.3, -0.25) is 16.2 Å². The largest absolute Gasteiger partial charge is 0.396 e. The fourth-order valence-corrected chi connectivity index (χ4v) is 0.671. The number of hydrazine groups is 1. The second-order valence-electron chi connectivity index (χ2n) is 1.90. The maximum Gasteiger partial charge on any atom is 0.396 e. The van der Waals surface area contributed by atoms with Crippen molar-refractivity contribution in [2.24, 2.45) is 11.7 Å². The van der Waals surface area contributed by atoms with Crippen molar-refractivity contribution in [1.29, 1.82) is 0 Å². The van der Waals surface area contributed by atoms with Crippen LogP contribution < -0.4 is 11.7 Å². The molecule has 0 atom stereocenters. The van der Waals surface area contributed by atoms with Crippen molar-refractivity contribution in [2.75, 3.05) is 0 Å². The Kier molecular flexibility index (Phi) is 5.48. The Morgan fingerprint density at radius 1 is 1.07 bits per heavy atom. The lowest BCUT2D eigenvalue weighted by atomic mass is 10.4. The molecule has 0 aliphatic rings. The lowest BCUT2D eigenvalue weighted by Crippen LogP contribution is -2.33. The summed E-state index contributed by atoms with van der Waals surface area (Å²) < 4.78 is 84.3. The quantitative estimate of drug-likeness (QED) is 0.280. The Morgan fingerprint density at radius 3 is 1.43 bits per heavy atom. The molecule has 0 saturated heterocycles. The molecule has 0 bridgehead atoms. The molecule has 11 heteroatoms. The minimum atomic E-state index is -5.99. The fraction of sp³-hybridized carbons (Fsp3) is 1.00. The molecule has 0 rings (SSSR count). The monoisotopic (exact) mass is 246 g/mol. The molecule has 0 spiro atoms. The van der Waals surface area contributed by atoms with Crippen molar-refractivity contribution in [3.05, 3.63) is 0 Å². The van der Waals surface area contributed by atoms with Crippen LogP contribution in [0.15, 0.2) is 0 Å². The summed E-state index contributed by atoms with van der Waals surface area (Å²) in [7, 11) is -5.99. The third kappa shape index (κ3) is 6.01. The van der Waals surface area contributed by atoms with Crippen LogP contribution in [0.1, 0.15) is 6.42 Å². The van der Waals surface area contributed by atoms with E-state index in [4.69, 9.17) is 4.55 Å². The van der Waals surface area contributed by atoms with Crippen LogP contribution in [0.5, 0.6) is 0 Å². The van der Waals surface area contributed by atoms with Crippen molar-refractivity contribution < 1.29 is 34.9 Å². The molecule has 0 aromatic carbocycles. The summed E-state index contributed by atoms with van der Waals surface area (Å²) in [4.78, 5) is 0. The molecular formula is C3H7F5N2O3S. The second kappa shape index (κ2) is 4.82. The van der Waals surface area contributed by atoms with Gasteiger partial charge in [-0.05, 0) is 0 Å². The Balaban J connectivity index is 0. The van der Waals surface area contributed by atoms with E-state index < -0.39 is 28.0 Å². The summed E-state index contributed by atoms with van der Waals surface area (Å²) in [5.41, 5.74) is 0. The number of hydrogen-bond donors (Lipinski definition) is 3. The van der Waals surface area contributed by atoms with Gasteiger partial charge in [0.2, 0.25) is 0 Å². The zero-order valence-corrected chi connectivity index (χ0v) is 7.24. The van der Waals surface area contributed by atoms with Gasteiger partial charge in [-0.2, -0.15) is 30.4 Å². The second-order valence-corrected chi connectivity index (χ2v) is 3.45. The molecule has 0 aliphatic carbocycles. The third-order valence-electron chi connectivity index (χ3n) is 0.784. The highest BCUT2D eigenvalue weighted by Crippen LogP contribution is 2.34. The molecule has 5 N–H and O–H groups in total. The smallest absolute Gasteiger partial charge is 0.281 e. The summed E-state index contributed by atoms with van der Waals surface area (Å²) in [6.07, 6.45) is -8.24. The van der Waals surface area contributed by atoms with Crippen LogP contribution >= 0.6 is 0 Å². The van der Waals surface area contributed by atoms with Gasteiger partial charge in [0.25, 0.3) is 0 Å². The van der Waals surface area contributed by atoms with E-state index in [1.54, 1.807) is 0 Å². The van der Waals surface area contributed by atoms with Crippen molar-refractivity contribution in [3.63, 3.8) is 0 Å². The first-order chi connectivity index (χ1) is 5.96. The standard InChI is InChI=1S/C3H3F5O3S.H4N2/c4-2(5,6)1-3(7,8)12(9,10)11;1-2/h1H2,(H,9,10,11);1-2H2. The molecule has 5 nitrogen and oxygen atoms in total. The molecule has 0 radical (unpaired) electrons. The summed E-state index contributed by atoms with van der Waals surface area (Å²) in [6, 6.07) is 0. The SMILES string of the molecule is NN.O=S(=O)(O)C(F)(F)CC(F)(F)F. The van der Waals surface area contributed by atoms with Gasteiger partial charge in [0, 0.05) is 0 Å². The first-order valence-electron chi connectivity index (χ1n) is 2.71. The molecule has 14 heavy (non-hydrogen) atoms. The predicted octanol–water partition coefficient (Wildman–Crippen LogP) is 0.238. The Bertz CT molecular complexity index is 260. The highest BCUT2D eigenvalue weighted by Gasteiger charge is 2.52. The maximum absolute atomic E-state index is 11.9. The van der Waals surface area contributed by atoms with Crippen LogP contribution in [0.4, 0.5) is 22.0 Å². The lowest BCUT2D eigenvalue weighted by Gasteiger charge is -2.14. The summed E-state index contributed by atoms with van der Waals surface area (Å²) in [5, 5.41) is -5.18. The number of hydrogen-bond acceptors (Lipinski definition) is 4. The average Bonchev–Trinajstić information content (AvgIpc) is 1.83. The van der Waals surface area contributed by atoms with Crippen LogP contribution in [0.2, 0.25) is 0 Å². The van der Waals surface area contributed by atoms with Gasteiger partial charge in [-0.25, -0.2) is 0 Å². The van der Waals surface area contributed by atoms with Crippen LogP contribution in [0.3, 0.4) is 0 Å². The van der Waals surface area contributed by atoms with Crippen molar-refractivity contribution in [3.8, 4) is 0 Å². The highest BCUT2D eigenvalue weighted by molar-refractivity contribution is 7.86. The van der Waals surface area contributed by atoms with Crippen molar-refractivity contribution >= 4 is 10.1 Å². The molecule has 0 saturated carbocycles. The van der Waals surface area contributed by atoms with Crippen molar-refractivity contribution in [2.45, 2.75) is 17.9 Å². The van der Waals surface area contributed by atoms with E-state index in [0.717, 1.165) is 0 Å². The van der Waals surface area contributed by atoms with Gasteiger partial charge < -0.3 is 0 Å². The van der Waals surface area contributed by atoms with Crippen LogP contribution in [0.25, 0.3) is 0 Å². The van der Waals surface area contributed by atoms with Gasteiger partial charge in [0.1, 0.15) is 6.42 Å². The lowest BCUT2D eigenvalue weighted by molar-refractivity contribution is -0.168. The molecule has 0 amide bonds.